The van der Waals surface area contributed by atoms with Gasteiger partial charge in [-0.1, -0.05) is 230 Å². The second-order valence-electron chi connectivity index (χ2n) is 17.3. The number of fused-ring (bicyclic) bond motifs is 6. The lowest BCUT2D eigenvalue weighted by Crippen LogP contribution is -2.74. The quantitative estimate of drug-likeness (QED) is 0.101. The molecule has 0 saturated carbocycles. The van der Waals surface area contributed by atoms with Crippen LogP contribution >= 0.6 is 0 Å². The molecule has 0 bridgehead atoms. The van der Waals surface area contributed by atoms with Crippen LogP contribution < -0.4 is 20.7 Å². The Kier molecular flexibility index (Phi) is 7.63. The topological polar surface area (TPSA) is 9.86 Å². The fourth-order valence-corrected chi connectivity index (χ4v) is 15.5. The van der Waals surface area contributed by atoms with Gasteiger partial charge < -0.3 is 9.13 Å². The number of hydrogen-bond donors (Lipinski definition) is 0. The Morgan fingerprint density at radius 2 is 0.667 bits per heavy atom. The molecule has 0 amide bonds. The highest BCUT2D eigenvalue weighted by atomic mass is 28.3. The number of rotatable bonds is 9. The van der Waals surface area contributed by atoms with Crippen molar-refractivity contribution in [3.63, 3.8) is 0 Å². The summed E-state index contributed by atoms with van der Waals surface area (Å²) in [6.45, 7) is 0. The van der Waals surface area contributed by atoms with Crippen LogP contribution in [0, 0.1) is 0 Å². The van der Waals surface area contributed by atoms with E-state index < -0.39 is 68.5 Å². The van der Waals surface area contributed by atoms with Gasteiger partial charge in [-0.15, -0.1) is 0 Å². The molecule has 324 valence electrons. The SMILES string of the molecule is [2H]c1c([2H])c([2H])c(-c2cc([Si](c3ccccc3)(c3ccccc3)c3ccccc3)cc(-c3c([2H])c([2H])c([2H])c([2H])c3[2H])c2-n2c3ccccc3c3cc(-c4ccc5c(c4)c4ccccc4n5-c4ccccc4)ccc32)c([2H])c1[2H]. The average molecular weight is 905 g/mol. The van der Waals surface area contributed by atoms with Gasteiger partial charge in [0.1, 0.15) is 0 Å². The molecule has 0 aliphatic rings. The molecule has 0 atom stereocenters. The standard InChI is InChI=1S/C66H46N2Si/c1-7-23-47(24-8-1)58-45-55(69(52-29-13-4-14-30-52,53-31-15-5-16-32-53)54-33-17-6-18-34-54)46-59(48-25-9-2-10-26-48)66(58)68-63-38-22-20-36-57(63)61-44-50(40-42-65(61)68)49-39-41-64-60(43-49)56-35-19-21-37-62(56)67(64)51-27-11-3-12-28-51/h1-46H/i1D,2D,7D,8D,9D,10D,23D,24D,25D,26D. The van der Waals surface area contributed by atoms with Crippen molar-refractivity contribution in [2.45, 2.75) is 0 Å². The average Bonchev–Trinajstić information content (AvgIpc) is 4.09. The van der Waals surface area contributed by atoms with E-state index in [1.54, 1.807) is 0 Å². The monoisotopic (exact) mass is 904 g/mol. The second-order valence-corrected chi connectivity index (χ2v) is 21.1. The third kappa shape index (κ3) is 6.62. The van der Waals surface area contributed by atoms with Crippen molar-refractivity contribution in [3.05, 3.63) is 279 Å². The van der Waals surface area contributed by atoms with Gasteiger partial charge in [-0.25, -0.2) is 0 Å². The summed E-state index contributed by atoms with van der Waals surface area (Å²) < 4.78 is 97.4. The van der Waals surface area contributed by atoms with Crippen LogP contribution in [0.1, 0.15) is 13.7 Å². The molecule has 0 aliphatic heterocycles. The molecular weight excluding hydrogens is 849 g/mol. The summed E-state index contributed by atoms with van der Waals surface area (Å²) in [6.07, 6.45) is 0. The van der Waals surface area contributed by atoms with E-state index in [1.165, 1.54) is 0 Å². The molecule has 3 heteroatoms. The molecule has 0 radical (unpaired) electrons. The summed E-state index contributed by atoms with van der Waals surface area (Å²) in [6, 6.07) is 68.4. The lowest BCUT2D eigenvalue weighted by molar-refractivity contribution is 1.18. The molecule has 2 nitrogen and oxygen atoms in total. The summed E-state index contributed by atoms with van der Waals surface area (Å²) >= 11 is 0. The van der Waals surface area contributed by atoms with Crippen LogP contribution in [0.4, 0.5) is 0 Å². The molecule has 0 aliphatic carbocycles. The third-order valence-electron chi connectivity index (χ3n) is 13.6. The van der Waals surface area contributed by atoms with Crippen LogP contribution in [0.3, 0.4) is 0 Å². The lowest BCUT2D eigenvalue weighted by Gasteiger charge is -2.36. The van der Waals surface area contributed by atoms with Gasteiger partial charge in [0.15, 0.2) is 8.07 Å². The van der Waals surface area contributed by atoms with Gasteiger partial charge >= 0.3 is 0 Å². The summed E-state index contributed by atoms with van der Waals surface area (Å²) in [5.41, 5.74) is 7.03. The van der Waals surface area contributed by atoms with Crippen molar-refractivity contribution in [1.29, 1.82) is 0 Å². The molecule has 2 heterocycles. The molecule has 0 N–H and O–H groups in total. The molecule has 13 aromatic rings. The van der Waals surface area contributed by atoms with E-state index in [9.17, 15) is 5.48 Å². The zero-order chi connectivity index (χ0) is 54.4. The maximum absolute atomic E-state index is 9.75. The Bertz CT molecular complexity index is 4360. The first-order chi connectivity index (χ1) is 38.4. The Hall–Kier alpha value is -8.76. The summed E-state index contributed by atoms with van der Waals surface area (Å²) in [5, 5.41) is 7.46. The maximum atomic E-state index is 9.75. The largest absolute Gasteiger partial charge is 0.309 e. The molecule has 0 saturated heterocycles. The fourth-order valence-electron chi connectivity index (χ4n) is 10.7. The van der Waals surface area contributed by atoms with Gasteiger partial charge in [-0.2, -0.15) is 0 Å². The lowest BCUT2D eigenvalue weighted by atomic mass is 9.95. The van der Waals surface area contributed by atoms with Gasteiger partial charge in [0.05, 0.1) is 41.5 Å². The molecule has 0 unspecified atom stereocenters. The minimum atomic E-state index is -3.61. The van der Waals surface area contributed by atoms with Crippen LogP contribution in [-0.4, -0.2) is 17.2 Å². The smallest absolute Gasteiger partial charge is 0.179 e. The van der Waals surface area contributed by atoms with Crippen molar-refractivity contribution < 1.29 is 13.7 Å². The molecule has 13 rings (SSSR count). The van der Waals surface area contributed by atoms with E-state index in [0.717, 1.165) is 65.0 Å². The molecule has 11 aromatic carbocycles. The summed E-state index contributed by atoms with van der Waals surface area (Å²) in [4.78, 5) is 0. The van der Waals surface area contributed by atoms with E-state index in [-0.39, 0.29) is 27.9 Å². The Balaban J connectivity index is 1.19. The zero-order valence-electron chi connectivity index (χ0n) is 47.2. The molecule has 0 fully saturated rings. The highest BCUT2D eigenvalue weighted by Crippen LogP contribution is 2.43. The second kappa shape index (κ2) is 16.8. The Morgan fingerprint density at radius 3 is 1.13 bits per heavy atom. The van der Waals surface area contributed by atoms with E-state index in [2.05, 4.69) is 108 Å². The maximum Gasteiger partial charge on any atom is 0.179 e. The van der Waals surface area contributed by atoms with Crippen LogP contribution in [-0.2, 0) is 0 Å². The van der Waals surface area contributed by atoms with Crippen molar-refractivity contribution in [3.8, 4) is 44.8 Å². The van der Waals surface area contributed by atoms with E-state index >= 15 is 0 Å². The highest BCUT2D eigenvalue weighted by molar-refractivity contribution is 7.20. The van der Waals surface area contributed by atoms with Crippen LogP contribution in [0.5, 0.6) is 0 Å². The zero-order valence-corrected chi connectivity index (χ0v) is 38.2. The van der Waals surface area contributed by atoms with Gasteiger partial charge in [0, 0.05) is 38.4 Å². The molecule has 69 heavy (non-hydrogen) atoms. The first-order valence-electron chi connectivity index (χ1n) is 28.0. The van der Waals surface area contributed by atoms with Crippen LogP contribution in [0.15, 0.2) is 279 Å². The normalized spacial score (nSPS) is 13.8. The minimum absolute atomic E-state index is 0.0981. The number of benzene rings is 11. The van der Waals surface area contributed by atoms with Gasteiger partial charge in [-0.05, 0) is 91.5 Å². The minimum Gasteiger partial charge on any atom is -0.309 e. The third-order valence-corrected chi connectivity index (χ3v) is 18.4. The van der Waals surface area contributed by atoms with Crippen LogP contribution in [0.25, 0.3) is 88.4 Å². The first kappa shape index (κ1) is 31.3. The highest BCUT2D eigenvalue weighted by Gasteiger charge is 2.42. The fraction of sp³-hybridized carbons (Fsp3) is 0. The van der Waals surface area contributed by atoms with Gasteiger partial charge in [0.2, 0.25) is 0 Å². The van der Waals surface area contributed by atoms with E-state index in [1.807, 2.05) is 120 Å². The van der Waals surface area contributed by atoms with Crippen molar-refractivity contribution in [1.82, 2.24) is 9.13 Å². The van der Waals surface area contributed by atoms with Gasteiger partial charge in [0.25, 0.3) is 0 Å². The van der Waals surface area contributed by atoms with Gasteiger partial charge in [-0.3, -0.25) is 0 Å². The first-order valence-corrected chi connectivity index (χ1v) is 25.0. The number of aromatic nitrogens is 2. The summed E-state index contributed by atoms with van der Waals surface area (Å²) in [7, 11) is -3.61. The predicted octanol–water partition coefficient (Wildman–Crippen LogP) is 14.3. The van der Waals surface area contributed by atoms with Crippen molar-refractivity contribution in [2.24, 2.45) is 0 Å². The number of hydrogen-bond acceptors (Lipinski definition) is 0. The Morgan fingerprint density at radius 1 is 0.290 bits per heavy atom. The van der Waals surface area contributed by atoms with Crippen LogP contribution in [0.2, 0.25) is 0 Å². The predicted molar refractivity (Wildman–Crippen MR) is 295 cm³/mol. The van der Waals surface area contributed by atoms with Crippen molar-refractivity contribution >= 4 is 72.4 Å². The molecular formula is C66H46N2Si. The summed E-state index contributed by atoms with van der Waals surface area (Å²) in [5.74, 6) is 0. The molecule has 2 aromatic heterocycles. The number of nitrogens with zero attached hydrogens (tertiary/aromatic N) is 2. The van der Waals surface area contributed by atoms with Crippen molar-refractivity contribution in [2.75, 3.05) is 0 Å². The number of para-hydroxylation sites is 3. The molecule has 0 spiro atoms. The van der Waals surface area contributed by atoms with E-state index in [4.69, 9.17) is 8.22 Å². The Labute approximate surface area is 417 Å². The van der Waals surface area contributed by atoms with E-state index in [0.29, 0.717) is 16.2 Å².